The number of aromatic nitrogens is 1. The summed E-state index contributed by atoms with van der Waals surface area (Å²) in [7, 11) is 0. The number of hydrogen-bond acceptors (Lipinski definition) is 2. The van der Waals surface area contributed by atoms with Crippen molar-refractivity contribution in [2.75, 3.05) is 0 Å². The van der Waals surface area contributed by atoms with Gasteiger partial charge in [0.05, 0.1) is 16.8 Å². The third-order valence-corrected chi connectivity index (χ3v) is 13.3. The molecule has 2 heterocycles. The zero-order valence-electron chi connectivity index (χ0n) is 30.4. The Labute approximate surface area is 329 Å². The lowest BCUT2D eigenvalue weighted by Gasteiger charge is -2.30. The second-order valence-corrected chi connectivity index (χ2v) is 16.1. The summed E-state index contributed by atoms with van der Waals surface area (Å²) < 4.78 is 1.35. The van der Waals surface area contributed by atoms with Gasteiger partial charge in [0, 0.05) is 20.7 Å². The lowest BCUT2D eigenvalue weighted by molar-refractivity contribution is 0.803. The highest BCUT2D eigenvalue weighted by molar-refractivity contribution is 7.22. The Kier molecular flexibility index (Phi) is 6.78. The molecule has 12 rings (SSSR count). The molecule has 260 valence electrons. The van der Waals surface area contributed by atoms with E-state index < -0.39 is 0 Å². The maximum Gasteiger partial charge on any atom is 0.0740 e. The maximum atomic E-state index is 5.23. The summed E-state index contributed by atoms with van der Waals surface area (Å²) in [5, 5.41) is 3.80. The lowest BCUT2D eigenvalue weighted by Crippen LogP contribution is -2.25. The third-order valence-electron chi connectivity index (χ3n) is 12.1. The van der Waals surface area contributed by atoms with Gasteiger partial charge >= 0.3 is 0 Å². The number of hydrogen-bond donors (Lipinski definition) is 0. The molecule has 0 radical (unpaired) electrons. The fourth-order valence-corrected chi connectivity index (χ4v) is 10.9. The van der Waals surface area contributed by atoms with Gasteiger partial charge in [-0.15, -0.1) is 11.3 Å². The van der Waals surface area contributed by atoms with Crippen LogP contribution in [0.3, 0.4) is 0 Å². The van der Waals surface area contributed by atoms with Crippen LogP contribution in [0, 0.1) is 0 Å². The summed E-state index contributed by atoms with van der Waals surface area (Å²) >= 11 is 1.93. The van der Waals surface area contributed by atoms with Gasteiger partial charge < -0.3 is 0 Å². The van der Waals surface area contributed by atoms with E-state index in [1.807, 2.05) is 11.3 Å². The van der Waals surface area contributed by atoms with Gasteiger partial charge in [0.15, 0.2) is 0 Å². The quantitative estimate of drug-likeness (QED) is 0.176. The van der Waals surface area contributed by atoms with Crippen LogP contribution in [0.15, 0.2) is 200 Å². The molecule has 10 aromatic rings. The Hall–Kier alpha value is -6.87. The minimum absolute atomic E-state index is 0.359. The largest absolute Gasteiger partial charge is 0.248 e. The van der Waals surface area contributed by atoms with Crippen LogP contribution in [-0.4, -0.2) is 4.98 Å². The molecule has 1 unspecified atom stereocenters. The molecular weight excluding hydrogens is 695 g/mol. The van der Waals surface area contributed by atoms with E-state index in [2.05, 4.69) is 200 Å². The van der Waals surface area contributed by atoms with Crippen molar-refractivity contribution in [2.45, 2.75) is 5.41 Å². The van der Waals surface area contributed by atoms with Crippen molar-refractivity contribution >= 4 is 32.2 Å². The fraction of sp³-hybridized carbons (Fsp3) is 0.0185. The molecule has 2 aromatic heterocycles. The van der Waals surface area contributed by atoms with Gasteiger partial charge in [0.2, 0.25) is 0 Å². The molecule has 8 aromatic carbocycles. The van der Waals surface area contributed by atoms with Crippen LogP contribution < -0.4 is 0 Å². The molecule has 0 aliphatic heterocycles. The summed E-state index contributed by atoms with van der Waals surface area (Å²) in [5.74, 6) is 0. The number of nitrogens with zero attached hydrogens (tertiary/aromatic N) is 1. The highest BCUT2D eigenvalue weighted by atomic mass is 32.1. The predicted octanol–water partition coefficient (Wildman–Crippen LogP) is 14.5. The molecule has 0 saturated carbocycles. The molecule has 2 aliphatic rings. The van der Waals surface area contributed by atoms with Crippen LogP contribution in [0.2, 0.25) is 0 Å². The minimum atomic E-state index is -0.359. The molecule has 2 heteroatoms. The number of pyridine rings is 1. The second-order valence-electron chi connectivity index (χ2n) is 15.0. The molecule has 56 heavy (non-hydrogen) atoms. The molecule has 0 amide bonds. The van der Waals surface area contributed by atoms with Gasteiger partial charge in [-0.1, -0.05) is 164 Å². The predicted molar refractivity (Wildman–Crippen MR) is 235 cm³/mol. The van der Waals surface area contributed by atoms with E-state index in [1.54, 1.807) is 0 Å². The molecule has 1 spiro atoms. The smallest absolute Gasteiger partial charge is 0.0740 e. The molecule has 1 atom stereocenters. The number of rotatable bonds is 4. The van der Waals surface area contributed by atoms with E-state index >= 15 is 0 Å². The SMILES string of the molecule is c1ccc(-c2cc(-c3cccc(-c4ccc5c(c4)-c4ccccc4C54c5ccccc5-c5sc6ccccc6c54)c3)cc(-c3ccc4ccccc4c3)n2)cc1. The van der Waals surface area contributed by atoms with E-state index in [0.717, 1.165) is 28.1 Å². The lowest BCUT2D eigenvalue weighted by atomic mass is 9.70. The van der Waals surface area contributed by atoms with E-state index in [9.17, 15) is 0 Å². The Morgan fingerprint density at radius 2 is 0.964 bits per heavy atom. The van der Waals surface area contributed by atoms with E-state index in [0.29, 0.717) is 0 Å². The highest BCUT2D eigenvalue weighted by Crippen LogP contribution is 2.66. The molecule has 0 fully saturated rings. The van der Waals surface area contributed by atoms with Crippen LogP contribution in [0.25, 0.3) is 87.2 Å². The number of fused-ring (bicyclic) bond motifs is 13. The van der Waals surface area contributed by atoms with Crippen molar-refractivity contribution in [1.82, 2.24) is 4.98 Å². The Balaban J connectivity index is 1.02. The summed E-state index contributed by atoms with van der Waals surface area (Å²) in [6.45, 7) is 0. The first-order chi connectivity index (χ1) is 27.7. The minimum Gasteiger partial charge on any atom is -0.248 e. The molecule has 0 saturated heterocycles. The Morgan fingerprint density at radius 3 is 1.82 bits per heavy atom. The van der Waals surface area contributed by atoms with Crippen LogP contribution in [0.4, 0.5) is 0 Å². The van der Waals surface area contributed by atoms with Crippen molar-refractivity contribution in [3.8, 4) is 66.3 Å². The fourth-order valence-electron chi connectivity index (χ4n) is 9.60. The summed E-state index contributed by atoms with van der Waals surface area (Å²) in [6, 6.07) is 73.6. The van der Waals surface area contributed by atoms with Crippen LogP contribution in [0.5, 0.6) is 0 Å². The maximum absolute atomic E-state index is 5.23. The third kappa shape index (κ3) is 4.51. The molecular formula is C54H33NS. The molecule has 2 aliphatic carbocycles. The number of thiophene rings is 1. The highest BCUT2D eigenvalue weighted by Gasteiger charge is 2.53. The summed E-state index contributed by atoms with van der Waals surface area (Å²) in [4.78, 5) is 6.63. The monoisotopic (exact) mass is 727 g/mol. The second kappa shape index (κ2) is 12.1. The van der Waals surface area contributed by atoms with Crippen molar-refractivity contribution in [3.05, 3.63) is 222 Å². The summed E-state index contributed by atoms with van der Waals surface area (Å²) in [5.41, 5.74) is 18.1. The molecule has 0 bridgehead atoms. The average Bonchev–Trinajstić information content (AvgIpc) is 3.90. The van der Waals surface area contributed by atoms with Gasteiger partial charge in [0.25, 0.3) is 0 Å². The van der Waals surface area contributed by atoms with Gasteiger partial charge in [0.1, 0.15) is 0 Å². The van der Waals surface area contributed by atoms with Gasteiger partial charge in [-0.3, -0.25) is 0 Å². The van der Waals surface area contributed by atoms with Crippen LogP contribution in [0.1, 0.15) is 22.3 Å². The van der Waals surface area contributed by atoms with Crippen LogP contribution >= 0.6 is 11.3 Å². The normalized spacial score (nSPS) is 14.9. The van der Waals surface area contributed by atoms with Gasteiger partial charge in [-0.25, -0.2) is 4.98 Å². The molecule has 0 N–H and O–H groups in total. The van der Waals surface area contributed by atoms with E-state index in [1.165, 1.54) is 81.4 Å². The van der Waals surface area contributed by atoms with Gasteiger partial charge in [-0.05, 0) is 114 Å². The average molecular weight is 728 g/mol. The first kappa shape index (κ1) is 31.5. The molecule has 1 nitrogen and oxygen atoms in total. The van der Waals surface area contributed by atoms with Crippen molar-refractivity contribution in [3.63, 3.8) is 0 Å². The topological polar surface area (TPSA) is 12.9 Å². The zero-order chi connectivity index (χ0) is 36.8. The van der Waals surface area contributed by atoms with Crippen molar-refractivity contribution in [2.24, 2.45) is 0 Å². The van der Waals surface area contributed by atoms with E-state index in [4.69, 9.17) is 4.98 Å². The van der Waals surface area contributed by atoms with E-state index in [-0.39, 0.29) is 5.41 Å². The standard InChI is InChI=1S/C54H33NS/c1-2-14-35(15-3-1)49-32-41(33-50(55-49)40-26-25-34-13-4-5-16-36(34)30-40)38-18-12-17-37(29-38)39-27-28-48-45(31-39)42-19-6-9-22-46(42)54(48)47-23-10-7-20-43(47)53-52(54)44-21-8-11-24-51(44)56-53/h1-33H. The van der Waals surface area contributed by atoms with Crippen LogP contribution in [-0.2, 0) is 5.41 Å². The van der Waals surface area contributed by atoms with Gasteiger partial charge in [-0.2, -0.15) is 0 Å². The number of benzene rings is 8. The summed E-state index contributed by atoms with van der Waals surface area (Å²) in [6.07, 6.45) is 0. The first-order valence-electron chi connectivity index (χ1n) is 19.3. The Bertz CT molecular complexity index is 3210. The van der Waals surface area contributed by atoms with Crippen molar-refractivity contribution in [1.29, 1.82) is 0 Å². The Morgan fingerprint density at radius 1 is 0.357 bits per heavy atom. The van der Waals surface area contributed by atoms with Crippen molar-refractivity contribution < 1.29 is 0 Å². The first-order valence-corrected chi connectivity index (χ1v) is 20.1. The zero-order valence-corrected chi connectivity index (χ0v) is 31.2.